The van der Waals surface area contributed by atoms with Crippen LogP contribution in [0.3, 0.4) is 0 Å². The van der Waals surface area contributed by atoms with Crippen molar-refractivity contribution in [1.29, 1.82) is 0 Å². The second-order valence-electron chi connectivity index (χ2n) is 8.14. The van der Waals surface area contributed by atoms with E-state index in [4.69, 9.17) is 14.2 Å². The van der Waals surface area contributed by atoms with Crippen LogP contribution in [0.2, 0.25) is 0 Å². The molecule has 2 aliphatic heterocycles. The zero-order valence-corrected chi connectivity index (χ0v) is 17.5. The molecule has 4 rings (SSSR count). The van der Waals surface area contributed by atoms with Crippen molar-refractivity contribution < 1.29 is 14.2 Å². The van der Waals surface area contributed by atoms with Crippen LogP contribution in [-0.2, 0) is 17.8 Å². The Labute approximate surface area is 174 Å². The Morgan fingerprint density at radius 3 is 2.55 bits per heavy atom. The smallest absolute Gasteiger partial charge is 0.165 e. The first-order valence-electron chi connectivity index (χ1n) is 10.5. The van der Waals surface area contributed by atoms with E-state index < -0.39 is 0 Å². The highest BCUT2D eigenvalue weighted by molar-refractivity contribution is 5.46. The summed E-state index contributed by atoms with van der Waals surface area (Å²) in [6.45, 7) is 4.56. The van der Waals surface area contributed by atoms with Crippen molar-refractivity contribution in [2.24, 2.45) is 0 Å². The average Bonchev–Trinajstić information content (AvgIpc) is 3.09. The predicted octanol–water partition coefficient (Wildman–Crippen LogP) is 3.62. The summed E-state index contributed by atoms with van der Waals surface area (Å²) in [5.74, 6) is 1.60. The number of methoxy groups -OCH3 is 2. The number of hydrogen-bond acceptors (Lipinski definition) is 5. The van der Waals surface area contributed by atoms with Gasteiger partial charge in [-0.05, 0) is 30.9 Å². The molecular weight excluding hydrogens is 364 g/mol. The molecule has 2 aromatic rings. The SMILES string of the molecule is COc1cccc(CNC2CN(Cc3ccccc3)C3(CCOCC3)C2)c1OC. The number of para-hydroxylation sites is 1. The minimum absolute atomic E-state index is 0.240. The maximum atomic E-state index is 5.70. The van der Waals surface area contributed by atoms with E-state index >= 15 is 0 Å². The van der Waals surface area contributed by atoms with E-state index in [-0.39, 0.29) is 5.54 Å². The molecule has 0 radical (unpaired) electrons. The minimum Gasteiger partial charge on any atom is -0.493 e. The van der Waals surface area contributed by atoms with Gasteiger partial charge in [-0.1, -0.05) is 42.5 Å². The van der Waals surface area contributed by atoms with Crippen molar-refractivity contribution in [3.05, 3.63) is 59.7 Å². The molecule has 2 aliphatic rings. The number of ether oxygens (including phenoxy) is 3. The summed E-state index contributed by atoms with van der Waals surface area (Å²) in [6.07, 6.45) is 3.39. The molecule has 0 bridgehead atoms. The summed E-state index contributed by atoms with van der Waals surface area (Å²) >= 11 is 0. The lowest BCUT2D eigenvalue weighted by atomic mass is 9.86. The molecule has 0 aliphatic carbocycles. The fraction of sp³-hybridized carbons (Fsp3) is 0.500. The van der Waals surface area contributed by atoms with Gasteiger partial charge in [0.2, 0.25) is 0 Å². The van der Waals surface area contributed by atoms with Crippen molar-refractivity contribution in [2.45, 2.75) is 43.9 Å². The molecule has 2 fully saturated rings. The molecule has 2 aromatic carbocycles. The lowest BCUT2D eigenvalue weighted by Crippen LogP contribution is -2.47. The summed E-state index contributed by atoms with van der Waals surface area (Å²) < 4.78 is 16.7. The molecule has 1 N–H and O–H groups in total. The van der Waals surface area contributed by atoms with Gasteiger partial charge >= 0.3 is 0 Å². The van der Waals surface area contributed by atoms with Gasteiger partial charge in [-0.25, -0.2) is 0 Å². The molecule has 0 aromatic heterocycles. The van der Waals surface area contributed by atoms with Crippen LogP contribution in [0.15, 0.2) is 48.5 Å². The van der Waals surface area contributed by atoms with Crippen molar-refractivity contribution in [2.75, 3.05) is 34.0 Å². The van der Waals surface area contributed by atoms with Gasteiger partial charge in [-0.2, -0.15) is 0 Å². The zero-order chi connectivity index (χ0) is 20.1. The highest BCUT2D eigenvalue weighted by Crippen LogP contribution is 2.39. The first-order valence-corrected chi connectivity index (χ1v) is 10.5. The van der Waals surface area contributed by atoms with E-state index in [0.29, 0.717) is 6.04 Å². The first kappa shape index (κ1) is 20.2. The Hall–Kier alpha value is -2.08. The highest BCUT2D eigenvalue weighted by atomic mass is 16.5. The van der Waals surface area contributed by atoms with Gasteiger partial charge in [0.25, 0.3) is 0 Å². The third-order valence-corrected chi connectivity index (χ3v) is 6.44. The van der Waals surface area contributed by atoms with E-state index in [1.807, 2.05) is 12.1 Å². The van der Waals surface area contributed by atoms with Crippen LogP contribution in [0.4, 0.5) is 0 Å². The molecule has 2 heterocycles. The molecule has 0 amide bonds. The highest BCUT2D eigenvalue weighted by Gasteiger charge is 2.45. The van der Waals surface area contributed by atoms with Crippen LogP contribution in [0, 0.1) is 0 Å². The molecule has 1 spiro atoms. The summed E-state index contributed by atoms with van der Waals surface area (Å²) in [7, 11) is 3.39. The topological polar surface area (TPSA) is 43.0 Å². The molecule has 29 heavy (non-hydrogen) atoms. The normalized spacial score (nSPS) is 21.4. The van der Waals surface area contributed by atoms with E-state index in [1.165, 1.54) is 5.56 Å². The van der Waals surface area contributed by atoms with Gasteiger partial charge in [-0.3, -0.25) is 4.90 Å². The lowest BCUT2D eigenvalue weighted by molar-refractivity contribution is -0.0113. The van der Waals surface area contributed by atoms with Gasteiger partial charge in [0.1, 0.15) is 0 Å². The van der Waals surface area contributed by atoms with Crippen LogP contribution in [-0.4, -0.2) is 50.5 Å². The maximum Gasteiger partial charge on any atom is 0.165 e. The number of benzene rings is 2. The quantitative estimate of drug-likeness (QED) is 0.774. The largest absolute Gasteiger partial charge is 0.493 e. The first-order chi connectivity index (χ1) is 14.2. The molecule has 1 atom stereocenters. The van der Waals surface area contributed by atoms with Gasteiger partial charge in [-0.15, -0.1) is 0 Å². The molecule has 0 saturated carbocycles. The second-order valence-corrected chi connectivity index (χ2v) is 8.14. The van der Waals surface area contributed by atoms with Crippen molar-refractivity contribution in [3.8, 4) is 11.5 Å². The van der Waals surface area contributed by atoms with Gasteiger partial charge in [0, 0.05) is 50.0 Å². The molecule has 5 nitrogen and oxygen atoms in total. The van der Waals surface area contributed by atoms with E-state index in [0.717, 1.165) is 69.2 Å². The summed E-state index contributed by atoms with van der Waals surface area (Å²) in [4.78, 5) is 2.69. The van der Waals surface area contributed by atoms with Gasteiger partial charge < -0.3 is 19.5 Å². The van der Waals surface area contributed by atoms with E-state index in [1.54, 1.807) is 14.2 Å². The minimum atomic E-state index is 0.240. The lowest BCUT2D eigenvalue weighted by Gasteiger charge is -2.41. The summed E-state index contributed by atoms with van der Waals surface area (Å²) in [5.41, 5.74) is 2.76. The van der Waals surface area contributed by atoms with Crippen LogP contribution < -0.4 is 14.8 Å². The number of hydrogen-bond donors (Lipinski definition) is 1. The third kappa shape index (κ3) is 4.42. The number of rotatable bonds is 7. The Balaban J connectivity index is 1.46. The second kappa shape index (κ2) is 9.16. The Kier molecular flexibility index (Phi) is 6.38. The molecule has 1 unspecified atom stereocenters. The third-order valence-electron chi connectivity index (χ3n) is 6.44. The maximum absolute atomic E-state index is 5.70. The Bertz CT molecular complexity index is 790. The van der Waals surface area contributed by atoms with Crippen LogP contribution in [0.25, 0.3) is 0 Å². The van der Waals surface area contributed by atoms with Crippen LogP contribution >= 0.6 is 0 Å². The number of likely N-dealkylation sites (tertiary alicyclic amines) is 1. The summed E-state index contributed by atoms with van der Waals surface area (Å²) in [6, 6.07) is 17.3. The van der Waals surface area contributed by atoms with Crippen molar-refractivity contribution in [3.63, 3.8) is 0 Å². The molecule has 2 saturated heterocycles. The van der Waals surface area contributed by atoms with E-state index in [9.17, 15) is 0 Å². The van der Waals surface area contributed by atoms with Crippen molar-refractivity contribution in [1.82, 2.24) is 10.2 Å². The summed E-state index contributed by atoms with van der Waals surface area (Å²) in [5, 5.41) is 3.79. The molecule has 5 heteroatoms. The van der Waals surface area contributed by atoms with Crippen LogP contribution in [0.5, 0.6) is 11.5 Å². The number of nitrogens with zero attached hydrogens (tertiary/aromatic N) is 1. The predicted molar refractivity (Wildman–Crippen MR) is 114 cm³/mol. The average molecular weight is 397 g/mol. The standard InChI is InChI=1S/C24H32N2O3/c1-27-22-10-6-9-20(23(22)28-2)16-25-21-15-24(11-13-29-14-12-24)26(18-21)17-19-7-4-3-5-8-19/h3-10,21,25H,11-18H2,1-2H3. The van der Waals surface area contributed by atoms with Gasteiger partial charge in [0.05, 0.1) is 14.2 Å². The van der Waals surface area contributed by atoms with Crippen molar-refractivity contribution >= 4 is 0 Å². The Morgan fingerprint density at radius 1 is 1.03 bits per heavy atom. The fourth-order valence-electron chi connectivity index (χ4n) is 4.90. The van der Waals surface area contributed by atoms with Crippen LogP contribution in [0.1, 0.15) is 30.4 Å². The monoisotopic (exact) mass is 396 g/mol. The molecular formula is C24H32N2O3. The van der Waals surface area contributed by atoms with Gasteiger partial charge in [0.15, 0.2) is 11.5 Å². The fourth-order valence-corrected chi connectivity index (χ4v) is 4.90. The number of nitrogens with one attached hydrogen (secondary N) is 1. The molecule has 156 valence electrons. The zero-order valence-electron chi connectivity index (χ0n) is 17.5. The Morgan fingerprint density at radius 2 is 1.83 bits per heavy atom. The van der Waals surface area contributed by atoms with E-state index in [2.05, 4.69) is 46.6 Å².